The zero-order chi connectivity index (χ0) is 19.9. The Bertz CT molecular complexity index is 357. The van der Waals surface area contributed by atoms with Gasteiger partial charge in [-0.25, -0.2) is 0 Å². The first-order chi connectivity index (χ1) is 13.0. The second kappa shape index (κ2) is 15.5. The fourth-order valence-corrected chi connectivity index (χ4v) is 4.17. The topological polar surface area (TPSA) is 32.3 Å². The molecule has 1 N–H and O–H groups in total. The highest BCUT2D eigenvalue weighted by molar-refractivity contribution is 5.83. The van der Waals surface area contributed by atoms with Crippen LogP contribution in [0.2, 0.25) is 0 Å². The fourth-order valence-electron chi connectivity index (χ4n) is 4.17. The first-order valence-corrected chi connectivity index (χ1v) is 12.0. The van der Waals surface area contributed by atoms with Crippen LogP contribution in [0.15, 0.2) is 0 Å². The number of hydrogen-bond acceptors (Lipinski definition) is 3. The molecule has 2 aliphatic rings. The Labute approximate surface area is 170 Å². The van der Waals surface area contributed by atoms with Gasteiger partial charge in [0.1, 0.15) is 5.78 Å². The van der Waals surface area contributed by atoms with Crippen LogP contribution in [-0.2, 0) is 4.79 Å². The lowest BCUT2D eigenvalue weighted by Gasteiger charge is -2.27. The van der Waals surface area contributed by atoms with Crippen molar-refractivity contribution < 1.29 is 4.79 Å². The lowest BCUT2D eigenvalue weighted by Crippen LogP contribution is -2.43. The van der Waals surface area contributed by atoms with E-state index in [2.05, 4.69) is 37.9 Å². The molecule has 0 aromatic carbocycles. The summed E-state index contributed by atoms with van der Waals surface area (Å²) in [4.78, 5) is 14.3. The summed E-state index contributed by atoms with van der Waals surface area (Å²) in [6.07, 6.45) is 14.3. The summed E-state index contributed by atoms with van der Waals surface area (Å²) >= 11 is 0. The molecule has 0 aromatic rings. The smallest absolute Gasteiger partial charge is 0.138 e. The summed E-state index contributed by atoms with van der Waals surface area (Å²) in [5.41, 5.74) is 0. The summed E-state index contributed by atoms with van der Waals surface area (Å²) in [5.74, 6) is 2.12. The molecule has 3 heteroatoms. The van der Waals surface area contributed by atoms with Gasteiger partial charge in [0.25, 0.3) is 0 Å². The number of unbranched alkanes of at least 4 members (excludes halogenated alkanes) is 3. The summed E-state index contributed by atoms with van der Waals surface area (Å²) < 4.78 is 0. The van der Waals surface area contributed by atoms with Crippen LogP contribution in [-0.4, -0.2) is 43.4 Å². The van der Waals surface area contributed by atoms with Crippen LogP contribution < -0.4 is 5.32 Å². The highest BCUT2D eigenvalue weighted by Gasteiger charge is 2.24. The van der Waals surface area contributed by atoms with Crippen LogP contribution in [0.25, 0.3) is 0 Å². The Morgan fingerprint density at radius 3 is 2.19 bits per heavy atom. The molecule has 1 unspecified atom stereocenters. The highest BCUT2D eigenvalue weighted by atomic mass is 16.1. The average Bonchev–Trinajstić information content (AvgIpc) is 2.71. The van der Waals surface area contributed by atoms with E-state index in [1.165, 1.54) is 84.1 Å². The van der Waals surface area contributed by atoms with Crippen molar-refractivity contribution in [3.63, 3.8) is 0 Å². The molecule has 160 valence electrons. The normalized spacial score (nSPS) is 20.2. The predicted molar refractivity (Wildman–Crippen MR) is 118 cm³/mol. The van der Waals surface area contributed by atoms with Crippen LogP contribution in [0.1, 0.15) is 98.3 Å². The number of nitrogens with one attached hydrogen (secondary N) is 1. The van der Waals surface area contributed by atoms with Crippen molar-refractivity contribution in [3.8, 4) is 0 Å². The zero-order valence-corrected chi connectivity index (χ0v) is 18.9. The molecular formula is C24H48N2O. The van der Waals surface area contributed by atoms with Crippen LogP contribution >= 0.6 is 0 Å². The second-order valence-electron chi connectivity index (χ2n) is 9.23. The minimum absolute atomic E-state index is 0.299. The van der Waals surface area contributed by atoms with Crippen molar-refractivity contribution in [1.29, 1.82) is 0 Å². The molecule has 2 rings (SSSR count). The maximum atomic E-state index is 11.7. The van der Waals surface area contributed by atoms with Gasteiger partial charge >= 0.3 is 0 Å². The van der Waals surface area contributed by atoms with E-state index in [-0.39, 0.29) is 0 Å². The minimum atomic E-state index is 0.299. The van der Waals surface area contributed by atoms with Crippen LogP contribution in [0, 0.1) is 17.8 Å². The zero-order valence-electron chi connectivity index (χ0n) is 18.9. The van der Waals surface area contributed by atoms with Gasteiger partial charge in [0.05, 0.1) is 0 Å². The van der Waals surface area contributed by atoms with E-state index in [0.717, 1.165) is 25.2 Å². The van der Waals surface area contributed by atoms with Gasteiger partial charge in [-0.1, -0.05) is 72.6 Å². The Morgan fingerprint density at radius 1 is 0.963 bits per heavy atom. The molecule has 0 amide bonds. The quantitative estimate of drug-likeness (QED) is 0.495. The first kappa shape index (κ1) is 24.6. The predicted octanol–water partition coefficient (Wildman–Crippen LogP) is 5.68. The van der Waals surface area contributed by atoms with Gasteiger partial charge < -0.3 is 10.2 Å². The Balaban J connectivity index is 0.000000277. The van der Waals surface area contributed by atoms with E-state index in [4.69, 9.17) is 0 Å². The summed E-state index contributed by atoms with van der Waals surface area (Å²) in [6, 6.07) is 0. The number of rotatable bonds is 10. The number of nitrogens with zero attached hydrogens (tertiary/aromatic N) is 1. The standard InChI is InChI=1S/C13H28N2.C11H20O/c1-13(2)7-5-3-4-6-10-15-11-8-14-9-12-15;1-3-9(2)11(12)10-7-5-4-6-8-10/h13-14H,3-12H2,1-2H3;9-10H,3-8H2,1-2H3. The maximum absolute atomic E-state index is 11.7. The molecule has 0 bridgehead atoms. The number of ketones is 1. The van der Waals surface area contributed by atoms with Crippen LogP contribution in [0.4, 0.5) is 0 Å². The van der Waals surface area contributed by atoms with Gasteiger partial charge in [0.2, 0.25) is 0 Å². The monoisotopic (exact) mass is 380 g/mol. The lowest BCUT2D eigenvalue weighted by molar-refractivity contribution is -0.127. The number of hydrogen-bond donors (Lipinski definition) is 1. The minimum Gasteiger partial charge on any atom is -0.314 e. The Kier molecular flexibility index (Phi) is 14.1. The van der Waals surface area contributed by atoms with Gasteiger partial charge in [0.15, 0.2) is 0 Å². The molecule has 0 radical (unpaired) electrons. The van der Waals surface area contributed by atoms with Crippen molar-refractivity contribution in [3.05, 3.63) is 0 Å². The second-order valence-corrected chi connectivity index (χ2v) is 9.23. The van der Waals surface area contributed by atoms with Gasteiger partial charge in [-0.15, -0.1) is 0 Å². The van der Waals surface area contributed by atoms with E-state index in [1.807, 2.05) is 0 Å². The molecule has 3 nitrogen and oxygen atoms in total. The number of piperazine rings is 1. The highest BCUT2D eigenvalue weighted by Crippen LogP contribution is 2.27. The lowest BCUT2D eigenvalue weighted by atomic mass is 9.81. The third-order valence-electron chi connectivity index (χ3n) is 6.32. The molecule has 27 heavy (non-hydrogen) atoms. The van der Waals surface area contributed by atoms with Gasteiger partial charge in [-0.05, 0) is 38.1 Å². The summed E-state index contributed by atoms with van der Waals surface area (Å²) in [6.45, 7) is 15.0. The maximum Gasteiger partial charge on any atom is 0.138 e. The molecular weight excluding hydrogens is 332 g/mol. The molecule has 0 spiro atoms. The average molecular weight is 381 g/mol. The first-order valence-electron chi connectivity index (χ1n) is 12.0. The molecule has 1 aliphatic carbocycles. The van der Waals surface area contributed by atoms with E-state index >= 15 is 0 Å². The summed E-state index contributed by atoms with van der Waals surface area (Å²) in [7, 11) is 0. The molecule has 0 aromatic heterocycles. The van der Waals surface area contributed by atoms with E-state index in [1.54, 1.807) is 0 Å². The van der Waals surface area contributed by atoms with E-state index in [0.29, 0.717) is 17.6 Å². The molecule has 1 atom stereocenters. The third-order valence-corrected chi connectivity index (χ3v) is 6.32. The third kappa shape index (κ3) is 11.9. The van der Waals surface area contributed by atoms with Crippen LogP contribution in [0.3, 0.4) is 0 Å². The van der Waals surface area contributed by atoms with Gasteiger partial charge in [-0.3, -0.25) is 4.79 Å². The summed E-state index contributed by atoms with van der Waals surface area (Å²) in [5, 5.41) is 3.40. The number of carbonyl (C=O) groups excluding carboxylic acids is 1. The number of Topliss-reactive ketones (excluding diaryl/α,β-unsaturated/α-hetero) is 1. The van der Waals surface area contributed by atoms with Crippen molar-refractivity contribution in [2.45, 2.75) is 98.3 Å². The van der Waals surface area contributed by atoms with E-state index < -0.39 is 0 Å². The van der Waals surface area contributed by atoms with Gasteiger partial charge in [-0.2, -0.15) is 0 Å². The van der Waals surface area contributed by atoms with E-state index in [9.17, 15) is 4.79 Å². The van der Waals surface area contributed by atoms with Crippen molar-refractivity contribution in [2.75, 3.05) is 32.7 Å². The SMILES string of the molecule is CC(C)CCCCCCN1CCNCC1.CCC(C)C(=O)C1CCCCC1. The largest absolute Gasteiger partial charge is 0.314 e. The molecule has 1 saturated heterocycles. The number of carbonyl (C=O) groups is 1. The van der Waals surface area contributed by atoms with Crippen molar-refractivity contribution >= 4 is 5.78 Å². The fraction of sp³-hybridized carbons (Fsp3) is 0.958. The molecule has 1 saturated carbocycles. The van der Waals surface area contributed by atoms with Crippen LogP contribution in [0.5, 0.6) is 0 Å². The molecule has 1 heterocycles. The molecule has 1 aliphatic heterocycles. The van der Waals surface area contributed by atoms with Gasteiger partial charge in [0, 0.05) is 38.0 Å². The Hall–Kier alpha value is -0.410. The van der Waals surface area contributed by atoms with Crippen molar-refractivity contribution in [2.24, 2.45) is 17.8 Å². The van der Waals surface area contributed by atoms with Crippen molar-refractivity contribution in [1.82, 2.24) is 10.2 Å². The molecule has 2 fully saturated rings. The Morgan fingerprint density at radius 2 is 1.59 bits per heavy atom.